The molecule has 0 unspecified atom stereocenters. The molecule has 0 aliphatic carbocycles. The average molecular weight is 453 g/mol. The number of nitrogen functional groups attached to an aromatic ring is 1. The molecule has 13 heteroatoms. The van der Waals surface area contributed by atoms with Gasteiger partial charge in [-0.2, -0.15) is 20.2 Å². The van der Waals surface area contributed by atoms with Gasteiger partial charge in [-0.3, -0.25) is 0 Å². The fourth-order valence-electron chi connectivity index (χ4n) is 1.91. The standard InChI is InChI=1S/C14H16ClN7O2S2.K/c1-8-4-11(26(23,24)18-7-16)10(5-9(8)15)25-6-12-19-13(17)21-14(20-12)22(2)3;/h4-5,18H,6H2,1-3H3,(H2,17,19,20,21);. The van der Waals surface area contributed by atoms with E-state index in [2.05, 4.69) is 15.0 Å². The Kier molecular flexibility index (Phi) is 9.23. The maximum atomic E-state index is 12.3. The molecular formula is C14H16ClKN7O2S2. The van der Waals surface area contributed by atoms with E-state index in [4.69, 9.17) is 22.6 Å². The number of aryl methyl sites for hydroxylation is 1. The Bertz CT molecular complexity index is 980. The fraction of sp³-hybridized carbons (Fsp3) is 0.286. The van der Waals surface area contributed by atoms with Crippen LogP contribution in [0.5, 0.6) is 0 Å². The number of benzene rings is 1. The average Bonchev–Trinajstić information content (AvgIpc) is 2.54. The minimum absolute atomic E-state index is 0. The first kappa shape index (κ1) is 24.4. The molecule has 0 spiro atoms. The summed E-state index contributed by atoms with van der Waals surface area (Å²) in [6.07, 6.45) is 1.43. The van der Waals surface area contributed by atoms with Crippen LogP contribution in [0, 0.1) is 18.4 Å². The predicted molar refractivity (Wildman–Crippen MR) is 106 cm³/mol. The van der Waals surface area contributed by atoms with Gasteiger partial charge in [-0.05, 0) is 24.6 Å². The zero-order valence-electron chi connectivity index (χ0n) is 15.2. The summed E-state index contributed by atoms with van der Waals surface area (Å²) in [5, 5.41) is 9.09. The first-order valence-corrected chi connectivity index (χ1v) is 10.0. The van der Waals surface area contributed by atoms with Crippen molar-refractivity contribution in [1.29, 1.82) is 5.26 Å². The predicted octanol–water partition coefficient (Wildman–Crippen LogP) is 1.15. The number of anilines is 2. The Morgan fingerprint density at radius 3 is 2.59 bits per heavy atom. The number of hydrogen-bond donors (Lipinski definition) is 2. The van der Waals surface area contributed by atoms with Crippen LogP contribution in [0.15, 0.2) is 21.9 Å². The fourth-order valence-corrected chi connectivity index (χ4v) is 4.34. The number of nitrogens with two attached hydrogens (primary N) is 1. The molecule has 0 amide bonds. The molecule has 0 atom stereocenters. The van der Waals surface area contributed by atoms with E-state index in [0.29, 0.717) is 27.3 Å². The summed E-state index contributed by atoms with van der Waals surface area (Å²) in [7, 11) is -0.456. The quantitative estimate of drug-likeness (QED) is 0.286. The van der Waals surface area contributed by atoms with Crippen molar-refractivity contribution in [3.63, 3.8) is 0 Å². The number of sulfonamides is 1. The minimum atomic E-state index is -3.99. The van der Waals surface area contributed by atoms with Crippen LogP contribution in [0.3, 0.4) is 0 Å². The van der Waals surface area contributed by atoms with E-state index in [9.17, 15) is 8.42 Å². The number of hydrogen-bond acceptors (Lipinski definition) is 9. The molecule has 1 heterocycles. The second-order valence-corrected chi connectivity index (χ2v) is 8.43. The van der Waals surface area contributed by atoms with Gasteiger partial charge in [-0.1, -0.05) is 11.6 Å². The molecule has 0 bridgehead atoms. The van der Waals surface area contributed by atoms with Crippen molar-refractivity contribution in [3.05, 3.63) is 28.5 Å². The molecule has 0 saturated heterocycles. The molecule has 0 fully saturated rings. The van der Waals surface area contributed by atoms with Crippen LogP contribution in [-0.2, 0) is 15.8 Å². The number of thioether (sulfide) groups is 1. The summed E-state index contributed by atoms with van der Waals surface area (Å²) in [5.41, 5.74) is 6.27. The number of aromatic nitrogens is 3. The van der Waals surface area contributed by atoms with Crippen LogP contribution in [0.4, 0.5) is 11.9 Å². The molecule has 0 aliphatic rings. The Morgan fingerprint density at radius 2 is 2.00 bits per heavy atom. The van der Waals surface area contributed by atoms with Crippen molar-refractivity contribution >= 4 is 96.7 Å². The Balaban J connectivity index is 0.00000364. The number of nitrogens with one attached hydrogen (secondary N) is 1. The third-order valence-electron chi connectivity index (χ3n) is 3.14. The molecule has 2 aromatic rings. The summed E-state index contributed by atoms with van der Waals surface area (Å²) in [6.45, 7) is 1.68. The van der Waals surface area contributed by atoms with Gasteiger partial charge in [0.05, 0.1) is 5.75 Å². The molecular weight excluding hydrogens is 437 g/mol. The van der Waals surface area contributed by atoms with E-state index < -0.39 is 10.0 Å². The van der Waals surface area contributed by atoms with E-state index in [-0.39, 0.29) is 68.0 Å². The molecule has 27 heavy (non-hydrogen) atoms. The van der Waals surface area contributed by atoms with Gasteiger partial charge in [0.15, 0.2) is 6.19 Å². The van der Waals surface area contributed by atoms with Crippen molar-refractivity contribution in [2.75, 3.05) is 24.7 Å². The molecule has 9 nitrogen and oxygen atoms in total. The van der Waals surface area contributed by atoms with E-state index in [1.807, 2.05) is 4.72 Å². The summed E-state index contributed by atoms with van der Waals surface area (Å²) >= 11 is 7.29. The van der Waals surface area contributed by atoms with Gasteiger partial charge in [0.25, 0.3) is 10.0 Å². The topological polar surface area (TPSA) is 138 Å². The van der Waals surface area contributed by atoms with Crippen LogP contribution in [-0.4, -0.2) is 88.8 Å². The molecule has 0 aliphatic heterocycles. The van der Waals surface area contributed by atoms with E-state index in [0.717, 1.165) is 11.8 Å². The van der Waals surface area contributed by atoms with Crippen molar-refractivity contribution in [3.8, 4) is 6.19 Å². The summed E-state index contributed by atoms with van der Waals surface area (Å²) in [5.74, 6) is 1.09. The second-order valence-electron chi connectivity index (χ2n) is 5.36. The van der Waals surface area contributed by atoms with Crippen molar-refractivity contribution in [2.24, 2.45) is 0 Å². The largest absolute Gasteiger partial charge is 0.368 e. The molecule has 1 aromatic heterocycles. The molecule has 3 N–H and O–H groups in total. The molecule has 2 rings (SSSR count). The van der Waals surface area contributed by atoms with E-state index in [1.54, 1.807) is 25.9 Å². The minimum Gasteiger partial charge on any atom is -0.368 e. The van der Waals surface area contributed by atoms with E-state index >= 15 is 0 Å². The third kappa shape index (κ3) is 6.43. The molecule has 0 saturated carbocycles. The van der Waals surface area contributed by atoms with Crippen LogP contribution in [0.25, 0.3) is 0 Å². The third-order valence-corrected chi connectivity index (χ3v) is 6.00. The SMILES string of the molecule is Cc1cc(S(=O)(=O)NC#N)c(SCc2nc(N)nc(N(C)C)n2)cc1Cl.[K]. The van der Waals surface area contributed by atoms with Crippen LogP contribution >= 0.6 is 23.4 Å². The number of halogens is 1. The van der Waals surface area contributed by atoms with Crippen LogP contribution in [0.1, 0.15) is 11.4 Å². The summed E-state index contributed by atoms with van der Waals surface area (Å²) in [4.78, 5) is 14.3. The first-order valence-electron chi connectivity index (χ1n) is 7.15. The van der Waals surface area contributed by atoms with Gasteiger partial charge in [0.1, 0.15) is 10.7 Å². The van der Waals surface area contributed by atoms with Gasteiger partial charge >= 0.3 is 0 Å². The Labute approximate surface area is 209 Å². The second kappa shape index (κ2) is 10.2. The van der Waals surface area contributed by atoms with Gasteiger partial charge in [0.2, 0.25) is 11.9 Å². The first-order chi connectivity index (χ1) is 12.1. The molecule has 1 radical (unpaired) electrons. The van der Waals surface area contributed by atoms with Gasteiger partial charge < -0.3 is 10.6 Å². The van der Waals surface area contributed by atoms with Gasteiger partial charge in [-0.15, -0.1) is 11.8 Å². The number of nitriles is 1. The zero-order chi connectivity index (χ0) is 19.5. The monoisotopic (exact) mass is 452 g/mol. The Hall–Kier alpha value is -0.654. The summed E-state index contributed by atoms with van der Waals surface area (Å²) in [6, 6.07) is 2.95. The zero-order valence-corrected chi connectivity index (χ0v) is 20.7. The molecule has 139 valence electrons. The van der Waals surface area contributed by atoms with Gasteiger partial charge in [0, 0.05) is 75.4 Å². The smallest absolute Gasteiger partial charge is 0.271 e. The van der Waals surface area contributed by atoms with Crippen molar-refractivity contribution < 1.29 is 8.42 Å². The number of nitrogens with zero attached hydrogens (tertiary/aromatic N) is 5. The van der Waals surface area contributed by atoms with Crippen molar-refractivity contribution in [2.45, 2.75) is 22.5 Å². The van der Waals surface area contributed by atoms with Gasteiger partial charge in [-0.25, -0.2) is 13.1 Å². The number of rotatable bonds is 6. The normalized spacial score (nSPS) is 10.6. The van der Waals surface area contributed by atoms with E-state index in [1.165, 1.54) is 18.3 Å². The van der Waals surface area contributed by atoms with Crippen LogP contribution in [0.2, 0.25) is 5.02 Å². The summed E-state index contributed by atoms with van der Waals surface area (Å²) < 4.78 is 26.3. The maximum Gasteiger partial charge on any atom is 0.271 e. The van der Waals surface area contributed by atoms with Crippen LogP contribution < -0.4 is 15.4 Å². The maximum absolute atomic E-state index is 12.3. The van der Waals surface area contributed by atoms with Crippen molar-refractivity contribution in [1.82, 2.24) is 19.7 Å². The Morgan fingerprint density at radius 1 is 1.33 bits per heavy atom. The molecule has 1 aromatic carbocycles.